The van der Waals surface area contributed by atoms with Crippen LogP contribution < -0.4 is 0 Å². The quantitative estimate of drug-likeness (QED) is 0.457. The molecule has 2 saturated heterocycles. The van der Waals surface area contributed by atoms with E-state index in [9.17, 15) is 25.2 Å². The van der Waals surface area contributed by atoms with Crippen LogP contribution in [-0.2, 0) is 14.9 Å². The van der Waals surface area contributed by atoms with Crippen LogP contribution in [0.5, 0.6) is 0 Å². The van der Waals surface area contributed by atoms with Crippen LogP contribution in [0.4, 0.5) is 4.79 Å². The predicted octanol–water partition coefficient (Wildman–Crippen LogP) is 1.71. The number of hydrogen-bond acceptors (Lipinski definition) is 7. The van der Waals surface area contributed by atoms with Crippen molar-refractivity contribution < 1.29 is 34.7 Å². The number of likely N-dealkylation sites (tertiary alicyclic amines) is 1. The lowest BCUT2D eigenvalue weighted by Gasteiger charge is -2.40. The summed E-state index contributed by atoms with van der Waals surface area (Å²) < 4.78 is 10.7. The van der Waals surface area contributed by atoms with Crippen molar-refractivity contribution in [3.63, 3.8) is 0 Å². The summed E-state index contributed by atoms with van der Waals surface area (Å²) in [6.45, 7) is 3.04. The number of piperidine rings is 1. The lowest BCUT2D eigenvalue weighted by atomic mass is 9.70. The van der Waals surface area contributed by atoms with Crippen molar-refractivity contribution in [2.45, 2.75) is 62.1 Å². The number of amides is 1. The molecule has 5 rings (SSSR count). The standard InChI is InChI=1S/C29H33NO7/c1-17-3-6-19-20-7-4-18(5-8-23-25(32)27(34)26(33)24(37-23)9-14-31)16-22(20)29(21(19)15-17)10-12-30(13-11-29)28(35)36-2/h3-4,6-7,15-16,23-27,31-34H,9-14H2,1-2H3/t23-,24-,25-,26-,27-/m1/s1. The van der Waals surface area contributed by atoms with Gasteiger partial charge >= 0.3 is 6.09 Å². The van der Waals surface area contributed by atoms with Gasteiger partial charge in [0, 0.05) is 30.7 Å². The third kappa shape index (κ3) is 4.41. The highest BCUT2D eigenvalue weighted by Gasteiger charge is 2.46. The molecule has 1 spiro atoms. The van der Waals surface area contributed by atoms with Crippen molar-refractivity contribution in [1.82, 2.24) is 4.90 Å². The summed E-state index contributed by atoms with van der Waals surface area (Å²) in [7, 11) is 1.40. The molecular weight excluding hydrogens is 474 g/mol. The highest BCUT2D eigenvalue weighted by atomic mass is 16.5. The number of carbonyl (C=O) groups excluding carboxylic acids is 1. The Kier molecular flexibility index (Phi) is 7.01. The minimum Gasteiger partial charge on any atom is -0.453 e. The fourth-order valence-electron chi connectivity index (χ4n) is 6.02. The van der Waals surface area contributed by atoms with Gasteiger partial charge in [-0.2, -0.15) is 0 Å². The molecule has 1 aliphatic carbocycles. The molecule has 3 aliphatic rings. The molecule has 0 aromatic heterocycles. The first-order valence-electron chi connectivity index (χ1n) is 12.7. The third-order valence-corrected chi connectivity index (χ3v) is 8.05. The number of fused-ring (bicyclic) bond motifs is 5. The maximum atomic E-state index is 12.1. The van der Waals surface area contributed by atoms with E-state index in [4.69, 9.17) is 9.47 Å². The largest absolute Gasteiger partial charge is 0.453 e. The van der Waals surface area contributed by atoms with Gasteiger partial charge in [0.1, 0.15) is 24.4 Å². The average Bonchev–Trinajstić information content (AvgIpc) is 3.16. The summed E-state index contributed by atoms with van der Waals surface area (Å²) in [4.78, 5) is 13.9. The van der Waals surface area contributed by atoms with E-state index in [2.05, 4.69) is 49.1 Å². The van der Waals surface area contributed by atoms with Crippen LogP contribution in [0.15, 0.2) is 36.4 Å². The van der Waals surface area contributed by atoms with Gasteiger partial charge in [0.15, 0.2) is 0 Å². The SMILES string of the molecule is COC(=O)N1CCC2(CC1)c1cc(C)ccc1-c1ccc(C#C[C@H]3O[C@H](CCO)[C@@H](O)[C@H](O)[C@@H]3O)cc12. The Morgan fingerprint density at radius 1 is 1.05 bits per heavy atom. The molecule has 8 nitrogen and oxygen atoms in total. The van der Waals surface area contributed by atoms with E-state index in [0.29, 0.717) is 13.1 Å². The molecule has 37 heavy (non-hydrogen) atoms. The number of aliphatic hydroxyl groups is 4. The molecule has 2 aliphatic heterocycles. The van der Waals surface area contributed by atoms with E-state index in [1.54, 1.807) is 4.90 Å². The second kappa shape index (κ2) is 10.1. The van der Waals surface area contributed by atoms with Crippen molar-refractivity contribution in [2.24, 2.45) is 0 Å². The number of aliphatic hydroxyl groups excluding tert-OH is 4. The van der Waals surface area contributed by atoms with Crippen LogP contribution in [0.1, 0.15) is 41.5 Å². The monoisotopic (exact) mass is 507 g/mol. The maximum absolute atomic E-state index is 12.1. The first-order chi connectivity index (χ1) is 17.8. The van der Waals surface area contributed by atoms with Crippen LogP contribution in [0.3, 0.4) is 0 Å². The summed E-state index contributed by atoms with van der Waals surface area (Å²) in [6, 6.07) is 12.6. The number of carbonyl (C=O) groups is 1. The van der Waals surface area contributed by atoms with Crippen LogP contribution in [0.2, 0.25) is 0 Å². The Balaban J connectivity index is 1.48. The summed E-state index contributed by atoms with van der Waals surface area (Å²) in [6.07, 6.45) is -4.54. The molecular formula is C29H33NO7. The zero-order valence-corrected chi connectivity index (χ0v) is 21.1. The molecule has 0 saturated carbocycles. The highest BCUT2D eigenvalue weighted by Crippen LogP contribution is 2.54. The van der Waals surface area contributed by atoms with E-state index in [1.807, 2.05) is 6.07 Å². The second-order valence-electron chi connectivity index (χ2n) is 10.2. The van der Waals surface area contributed by atoms with Crippen molar-refractivity contribution in [2.75, 3.05) is 26.8 Å². The van der Waals surface area contributed by atoms with Crippen molar-refractivity contribution in [1.29, 1.82) is 0 Å². The van der Waals surface area contributed by atoms with Crippen LogP contribution in [0, 0.1) is 18.8 Å². The molecule has 196 valence electrons. The van der Waals surface area contributed by atoms with E-state index in [0.717, 1.165) is 24.0 Å². The Bertz CT molecular complexity index is 1240. The Morgan fingerprint density at radius 2 is 1.73 bits per heavy atom. The van der Waals surface area contributed by atoms with Crippen molar-refractivity contribution >= 4 is 6.09 Å². The van der Waals surface area contributed by atoms with Gasteiger partial charge in [0.05, 0.1) is 13.2 Å². The zero-order chi connectivity index (χ0) is 26.3. The molecule has 0 radical (unpaired) electrons. The number of ether oxygens (including phenoxy) is 2. The highest BCUT2D eigenvalue weighted by molar-refractivity contribution is 5.82. The Hall–Kier alpha value is -2.93. The van der Waals surface area contributed by atoms with Gasteiger partial charge in [-0.1, -0.05) is 41.7 Å². The molecule has 0 unspecified atom stereocenters. The van der Waals surface area contributed by atoms with Crippen LogP contribution >= 0.6 is 0 Å². The minimum atomic E-state index is -1.41. The summed E-state index contributed by atoms with van der Waals surface area (Å²) in [5.74, 6) is 6.02. The van der Waals surface area contributed by atoms with Crippen molar-refractivity contribution in [3.8, 4) is 23.0 Å². The Labute approximate surface area is 216 Å². The Morgan fingerprint density at radius 3 is 2.41 bits per heavy atom. The first kappa shape index (κ1) is 25.7. The smallest absolute Gasteiger partial charge is 0.409 e. The van der Waals surface area contributed by atoms with E-state index >= 15 is 0 Å². The fourth-order valence-corrected chi connectivity index (χ4v) is 6.02. The number of rotatable bonds is 2. The van der Waals surface area contributed by atoms with Crippen LogP contribution in [0.25, 0.3) is 11.1 Å². The summed E-state index contributed by atoms with van der Waals surface area (Å²) in [5.41, 5.74) is 6.47. The molecule has 8 heteroatoms. The van der Waals surface area contributed by atoms with Gasteiger partial charge < -0.3 is 34.8 Å². The lowest BCUT2D eigenvalue weighted by Crippen LogP contribution is -2.57. The molecule has 2 aromatic carbocycles. The molecule has 2 aromatic rings. The predicted molar refractivity (Wildman–Crippen MR) is 136 cm³/mol. The van der Waals surface area contributed by atoms with Gasteiger partial charge in [0.2, 0.25) is 0 Å². The summed E-state index contributed by atoms with van der Waals surface area (Å²) >= 11 is 0. The molecule has 1 amide bonds. The molecule has 2 heterocycles. The molecule has 4 N–H and O–H groups in total. The number of aryl methyl sites for hydroxylation is 1. The van der Waals surface area contributed by atoms with Gasteiger partial charge in [-0.15, -0.1) is 0 Å². The third-order valence-electron chi connectivity index (χ3n) is 8.05. The number of nitrogens with zero attached hydrogens (tertiary/aromatic N) is 1. The molecule has 5 atom stereocenters. The number of hydrogen-bond donors (Lipinski definition) is 4. The van der Waals surface area contributed by atoms with E-state index in [1.165, 1.54) is 29.4 Å². The summed E-state index contributed by atoms with van der Waals surface area (Å²) in [5, 5.41) is 40.0. The topological polar surface area (TPSA) is 120 Å². The average molecular weight is 508 g/mol. The van der Waals surface area contributed by atoms with Crippen LogP contribution in [-0.4, -0.2) is 88.7 Å². The van der Waals surface area contributed by atoms with Gasteiger partial charge in [-0.3, -0.25) is 0 Å². The van der Waals surface area contributed by atoms with E-state index in [-0.39, 0.29) is 24.5 Å². The number of benzene rings is 2. The maximum Gasteiger partial charge on any atom is 0.409 e. The van der Waals surface area contributed by atoms with Crippen molar-refractivity contribution in [3.05, 3.63) is 58.7 Å². The number of methoxy groups -OCH3 is 1. The first-order valence-corrected chi connectivity index (χ1v) is 12.7. The minimum absolute atomic E-state index is 0.130. The normalized spacial score (nSPS) is 27.7. The van der Waals surface area contributed by atoms with E-state index < -0.39 is 30.5 Å². The van der Waals surface area contributed by atoms with Gasteiger partial charge in [-0.25, -0.2) is 4.79 Å². The second-order valence-corrected chi connectivity index (χ2v) is 10.2. The molecule has 0 bridgehead atoms. The van der Waals surface area contributed by atoms with Gasteiger partial charge in [-0.05, 0) is 60.6 Å². The van der Waals surface area contributed by atoms with Gasteiger partial charge in [0.25, 0.3) is 0 Å². The molecule has 2 fully saturated rings. The fraction of sp³-hybridized carbons (Fsp3) is 0.483. The zero-order valence-electron chi connectivity index (χ0n) is 21.1. The lowest BCUT2D eigenvalue weighted by molar-refractivity contribution is -0.209.